The van der Waals surface area contributed by atoms with Crippen molar-refractivity contribution in [1.82, 2.24) is 9.97 Å². The Labute approximate surface area is 107 Å². The third-order valence-electron chi connectivity index (χ3n) is 2.75. The van der Waals surface area contributed by atoms with E-state index >= 15 is 0 Å². The van der Waals surface area contributed by atoms with Gasteiger partial charge in [-0.1, -0.05) is 37.3 Å². The first-order valence-corrected chi connectivity index (χ1v) is 6.01. The molecule has 2 aromatic rings. The Morgan fingerprint density at radius 1 is 1.22 bits per heavy atom. The maximum atomic E-state index is 5.06. The van der Waals surface area contributed by atoms with Gasteiger partial charge in [0.25, 0.3) is 0 Å². The Balaban J connectivity index is 2.15. The lowest BCUT2D eigenvalue weighted by molar-refractivity contribution is 0.396. The highest BCUT2D eigenvalue weighted by Crippen LogP contribution is 2.21. The summed E-state index contributed by atoms with van der Waals surface area (Å²) in [6, 6.07) is 10.5. The van der Waals surface area contributed by atoms with E-state index in [4.69, 9.17) is 4.74 Å². The van der Waals surface area contributed by atoms with Crippen LogP contribution < -0.4 is 10.1 Å². The van der Waals surface area contributed by atoms with Gasteiger partial charge in [0.15, 0.2) is 0 Å². The lowest BCUT2D eigenvalue weighted by Gasteiger charge is -2.17. The maximum absolute atomic E-state index is 5.06. The van der Waals surface area contributed by atoms with Gasteiger partial charge in [0.2, 0.25) is 5.88 Å². The molecule has 0 spiro atoms. The van der Waals surface area contributed by atoms with E-state index in [0.29, 0.717) is 5.88 Å². The molecule has 0 aliphatic heterocycles. The lowest BCUT2D eigenvalue weighted by Crippen LogP contribution is -2.11. The average Bonchev–Trinajstić information content (AvgIpc) is 2.46. The van der Waals surface area contributed by atoms with Crippen molar-refractivity contribution in [2.75, 3.05) is 12.4 Å². The van der Waals surface area contributed by atoms with Gasteiger partial charge in [-0.25, -0.2) is 0 Å². The minimum Gasteiger partial charge on any atom is -0.480 e. The van der Waals surface area contributed by atoms with Crippen molar-refractivity contribution >= 4 is 5.82 Å². The zero-order valence-corrected chi connectivity index (χ0v) is 10.6. The molecule has 18 heavy (non-hydrogen) atoms. The highest BCUT2D eigenvalue weighted by atomic mass is 16.5. The highest BCUT2D eigenvalue weighted by molar-refractivity contribution is 5.37. The second-order valence-electron chi connectivity index (χ2n) is 3.96. The molecule has 0 radical (unpaired) electrons. The van der Waals surface area contributed by atoms with Crippen molar-refractivity contribution in [1.29, 1.82) is 0 Å². The maximum Gasteiger partial charge on any atom is 0.233 e. The summed E-state index contributed by atoms with van der Waals surface area (Å²) in [5, 5.41) is 3.37. The van der Waals surface area contributed by atoms with Crippen LogP contribution in [0.1, 0.15) is 24.9 Å². The second kappa shape index (κ2) is 6.00. The Morgan fingerprint density at radius 2 is 2.00 bits per heavy atom. The average molecular weight is 243 g/mol. The lowest BCUT2D eigenvalue weighted by atomic mass is 10.1. The summed E-state index contributed by atoms with van der Waals surface area (Å²) in [7, 11) is 1.59. The first kappa shape index (κ1) is 12.4. The van der Waals surface area contributed by atoms with Gasteiger partial charge in [-0.05, 0) is 12.0 Å². The van der Waals surface area contributed by atoms with Crippen LogP contribution in [0.25, 0.3) is 0 Å². The predicted octanol–water partition coefficient (Wildman–Crippen LogP) is 3.05. The number of ether oxygens (including phenoxy) is 1. The molecule has 0 fully saturated rings. The van der Waals surface area contributed by atoms with Crippen molar-refractivity contribution in [3.8, 4) is 5.88 Å². The van der Waals surface area contributed by atoms with Crippen molar-refractivity contribution in [2.24, 2.45) is 0 Å². The molecule has 1 aromatic heterocycles. The summed E-state index contributed by atoms with van der Waals surface area (Å²) in [5.74, 6) is 1.24. The number of aromatic nitrogens is 2. The fourth-order valence-electron chi connectivity index (χ4n) is 1.80. The van der Waals surface area contributed by atoms with Crippen LogP contribution in [0.4, 0.5) is 5.82 Å². The molecule has 94 valence electrons. The van der Waals surface area contributed by atoms with Crippen molar-refractivity contribution < 1.29 is 4.74 Å². The van der Waals surface area contributed by atoms with Gasteiger partial charge in [0.1, 0.15) is 5.82 Å². The molecular formula is C14H17N3O. The predicted molar refractivity (Wildman–Crippen MR) is 71.7 cm³/mol. The third-order valence-corrected chi connectivity index (χ3v) is 2.75. The van der Waals surface area contributed by atoms with Crippen LogP contribution in [0.5, 0.6) is 5.88 Å². The minimum absolute atomic E-state index is 0.229. The summed E-state index contributed by atoms with van der Waals surface area (Å²) < 4.78 is 5.06. The molecule has 0 aliphatic carbocycles. The monoisotopic (exact) mass is 243 g/mol. The molecule has 1 unspecified atom stereocenters. The SMILES string of the molecule is CCC(Nc1cncc(OC)n1)c1ccccc1. The van der Waals surface area contributed by atoms with Crippen LogP contribution in [0, 0.1) is 0 Å². The molecule has 0 saturated carbocycles. The number of hydrogen-bond donors (Lipinski definition) is 1. The van der Waals surface area contributed by atoms with E-state index in [0.717, 1.165) is 12.2 Å². The Morgan fingerprint density at radius 3 is 2.67 bits per heavy atom. The number of hydrogen-bond acceptors (Lipinski definition) is 4. The first-order valence-electron chi connectivity index (χ1n) is 6.01. The van der Waals surface area contributed by atoms with Gasteiger partial charge in [-0.2, -0.15) is 4.98 Å². The fraction of sp³-hybridized carbons (Fsp3) is 0.286. The summed E-state index contributed by atoms with van der Waals surface area (Å²) in [4.78, 5) is 8.40. The van der Waals surface area contributed by atoms with E-state index in [1.165, 1.54) is 5.56 Å². The van der Waals surface area contributed by atoms with Gasteiger partial charge in [-0.3, -0.25) is 4.98 Å². The zero-order chi connectivity index (χ0) is 12.8. The van der Waals surface area contributed by atoms with Crippen molar-refractivity contribution in [3.05, 3.63) is 48.3 Å². The molecule has 0 aliphatic rings. The molecule has 1 heterocycles. The standard InChI is InChI=1S/C14H17N3O/c1-3-12(11-7-5-4-6-8-11)16-13-9-15-10-14(17-13)18-2/h4-10,12H,3H2,1-2H3,(H,16,17). The van der Waals surface area contributed by atoms with Crippen LogP contribution in [0.2, 0.25) is 0 Å². The molecule has 1 aromatic carbocycles. The van der Waals surface area contributed by atoms with Crippen molar-refractivity contribution in [2.45, 2.75) is 19.4 Å². The fourth-order valence-corrected chi connectivity index (χ4v) is 1.80. The van der Waals surface area contributed by atoms with E-state index in [1.807, 2.05) is 18.2 Å². The Kier molecular flexibility index (Phi) is 4.12. The van der Waals surface area contributed by atoms with Crippen LogP contribution >= 0.6 is 0 Å². The smallest absolute Gasteiger partial charge is 0.233 e. The number of rotatable bonds is 5. The number of benzene rings is 1. The van der Waals surface area contributed by atoms with E-state index in [9.17, 15) is 0 Å². The number of nitrogens with zero attached hydrogens (tertiary/aromatic N) is 2. The highest BCUT2D eigenvalue weighted by Gasteiger charge is 2.09. The number of anilines is 1. The Hall–Kier alpha value is -2.10. The minimum atomic E-state index is 0.229. The van der Waals surface area contributed by atoms with E-state index in [1.54, 1.807) is 19.5 Å². The summed E-state index contributed by atoms with van der Waals surface area (Å²) in [5.41, 5.74) is 1.24. The van der Waals surface area contributed by atoms with Crippen molar-refractivity contribution in [3.63, 3.8) is 0 Å². The molecule has 2 rings (SSSR count). The normalized spacial score (nSPS) is 11.9. The third kappa shape index (κ3) is 2.97. The quantitative estimate of drug-likeness (QED) is 0.876. The molecule has 1 N–H and O–H groups in total. The largest absolute Gasteiger partial charge is 0.480 e. The molecule has 0 saturated heterocycles. The van der Waals surface area contributed by atoms with E-state index < -0.39 is 0 Å². The summed E-state index contributed by atoms with van der Waals surface area (Å²) >= 11 is 0. The molecule has 4 nitrogen and oxygen atoms in total. The van der Waals surface area contributed by atoms with Crippen LogP contribution in [-0.2, 0) is 0 Å². The molecule has 1 atom stereocenters. The zero-order valence-electron chi connectivity index (χ0n) is 10.6. The van der Waals surface area contributed by atoms with Crippen LogP contribution in [0.3, 0.4) is 0 Å². The van der Waals surface area contributed by atoms with Gasteiger partial charge in [0, 0.05) is 0 Å². The summed E-state index contributed by atoms with van der Waals surface area (Å²) in [6.45, 7) is 2.14. The Bertz CT molecular complexity index is 487. The molecule has 0 amide bonds. The van der Waals surface area contributed by atoms with Gasteiger partial charge in [0.05, 0.1) is 25.5 Å². The van der Waals surface area contributed by atoms with Gasteiger partial charge < -0.3 is 10.1 Å². The van der Waals surface area contributed by atoms with Gasteiger partial charge >= 0.3 is 0 Å². The van der Waals surface area contributed by atoms with E-state index in [2.05, 4.69) is 34.3 Å². The summed E-state index contributed by atoms with van der Waals surface area (Å²) in [6.07, 6.45) is 4.27. The van der Waals surface area contributed by atoms with Crippen LogP contribution in [0.15, 0.2) is 42.7 Å². The van der Waals surface area contributed by atoms with Crippen LogP contribution in [-0.4, -0.2) is 17.1 Å². The number of nitrogens with one attached hydrogen (secondary N) is 1. The first-order chi connectivity index (χ1) is 8.83. The number of methoxy groups -OCH3 is 1. The molecular weight excluding hydrogens is 226 g/mol. The molecule has 0 bridgehead atoms. The van der Waals surface area contributed by atoms with E-state index in [-0.39, 0.29) is 6.04 Å². The topological polar surface area (TPSA) is 47.0 Å². The second-order valence-corrected chi connectivity index (χ2v) is 3.96. The molecule has 4 heteroatoms. The van der Waals surface area contributed by atoms with Gasteiger partial charge in [-0.15, -0.1) is 0 Å².